The van der Waals surface area contributed by atoms with Gasteiger partial charge in [-0.1, -0.05) is 56.1 Å². The van der Waals surface area contributed by atoms with Gasteiger partial charge in [-0.2, -0.15) is 0 Å². The minimum atomic E-state index is -1.29. The fraction of sp³-hybridized carbons (Fsp3) is 0.500. The molecule has 0 saturated carbocycles. The molecule has 0 unspecified atom stereocenters. The largest absolute Gasteiger partial charge is 0.394 e. The summed E-state index contributed by atoms with van der Waals surface area (Å²) >= 11 is 12.4. The Morgan fingerprint density at radius 2 is 1.95 bits per heavy atom. The summed E-state index contributed by atoms with van der Waals surface area (Å²) in [5.41, 5.74) is 0.0913. The average Bonchev–Trinajstić information content (AvgIpc) is 3.28. The number of benzene rings is 2. The number of ketones is 1. The quantitative estimate of drug-likeness (QED) is 0.371. The number of hydrogen-bond donors (Lipinski definition) is 4. The molecule has 2 aliphatic heterocycles. The maximum atomic E-state index is 14.9. The van der Waals surface area contributed by atoms with Crippen LogP contribution >= 0.6 is 23.2 Å². The summed E-state index contributed by atoms with van der Waals surface area (Å²) in [7, 11) is 0. The first-order valence-corrected chi connectivity index (χ1v) is 13.3. The van der Waals surface area contributed by atoms with Gasteiger partial charge in [0, 0.05) is 29.1 Å². The number of aliphatic hydroxyl groups excluding tert-OH is 2. The van der Waals surface area contributed by atoms with Crippen LogP contribution in [-0.2, 0) is 15.0 Å². The minimum absolute atomic E-state index is 0.0937. The van der Waals surface area contributed by atoms with Crippen LogP contribution in [0.25, 0.3) is 0 Å². The van der Waals surface area contributed by atoms with Gasteiger partial charge < -0.3 is 20.8 Å². The first-order valence-electron chi connectivity index (χ1n) is 12.5. The highest BCUT2D eigenvalue weighted by Crippen LogP contribution is 2.57. The highest BCUT2D eigenvalue weighted by Gasteiger charge is 2.65. The summed E-state index contributed by atoms with van der Waals surface area (Å²) < 4.78 is 14.9. The van der Waals surface area contributed by atoms with Gasteiger partial charge in [-0.05, 0) is 60.1 Å². The molecular weight excluding hydrogens is 518 g/mol. The molecule has 2 aliphatic rings. The van der Waals surface area contributed by atoms with Crippen molar-refractivity contribution in [3.63, 3.8) is 0 Å². The van der Waals surface area contributed by atoms with Gasteiger partial charge >= 0.3 is 0 Å². The Balaban J connectivity index is 1.89. The normalized spacial score (nSPS) is 25.8. The lowest BCUT2D eigenvalue weighted by Crippen LogP contribution is -2.49. The van der Waals surface area contributed by atoms with Crippen molar-refractivity contribution in [2.24, 2.45) is 5.41 Å². The van der Waals surface area contributed by atoms with Crippen molar-refractivity contribution >= 4 is 40.6 Å². The van der Waals surface area contributed by atoms with Gasteiger partial charge in [-0.3, -0.25) is 9.59 Å². The van der Waals surface area contributed by atoms with Crippen LogP contribution in [0.5, 0.6) is 0 Å². The molecule has 5 atom stereocenters. The number of Topliss-reactive ketones (excluding diaryl/α,β-unsaturated/α-hetero) is 1. The number of fused-ring (bicyclic) bond motifs is 2. The second kappa shape index (κ2) is 10.6. The Morgan fingerprint density at radius 1 is 1.22 bits per heavy atom. The molecule has 4 rings (SSSR count). The standard InChI is InChI=1S/C28H33Cl2FN2O4/c1-27(2,3)13-23-28(18-11-20(31)19(30)12-21(18)32-26(28)37)24(15-6-4-7-16(29)10-15)25(33-23)22(36)9-5-8-17(35)14-34/h4,6-7,10-12,17,23-25,33-35H,5,8-9,13-14H2,1-3H3,(H,32,37)/t17-,23-,24-,25-,28+/m0/s1. The molecule has 6 nitrogen and oxygen atoms in total. The number of aliphatic hydroxyl groups is 2. The van der Waals surface area contributed by atoms with E-state index in [2.05, 4.69) is 31.4 Å². The Morgan fingerprint density at radius 3 is 2.59 bits per heavy atom. The van der Waals surface area contributed by atoms with E-state index in [0.29, 0.717) is 34.7 Å². The van der Waals surface area contributed by atoms with E-state index in [0.717, 1.165) is 0 Å². The number of nitrogens with one attached hydrogen (secondary N) is 2. The van der Waals surface area contributed by atoms with Crippen LogP contribution in [0.15, 0.2) is 36.4 Å². The third kappa shape index (κ3) is 5.30. The van der Waals surface area contributed by atoms with E-state index in [4.69, 9.17) is 28.3 Å². The van der Waals surface area contributed by atoms with E-state index in [1.165, 1.54) is 12.1 Å². The SMILES string of the molecule is CC(C)(C)C[C@@H]1N[C@@H](C(=O)CCC[C@H](O)CO)[C@H](c2cccc(Cl)c2)[C@]12C(=O)Nc1cc(Cl)c(F)cc12. The Hall–Kier alpha value is -2.03. The lowest BCUT2D eigenvalue weighted by Gasteiger charge is -2.37. The molecule has 1 spiro atoms. The summed E-state index contributed by atoms with van der Waals surface area (Å²) in [5, 5.41) is 25.6. The van der Waals surface area contributed by atoms with Gasteiger partial charge in [0.25, 0.3) is 0 Å². The molecule has 0 bridgehead atoms. The molecule has 4 N–H and O–H groups in total. The molecule has 0 radical (unpaired) electrons. The zero-order valence-electron chi connectivity index (χ0n) is 21.2. The number of hydrogen-bond acceptors (Lipinski definition) is 5. The van der Waals surface area contributed by atoms with Crippen molar-refractivity contribution in [1.82, 2.24) is 5.32 Å². The maximum Gasteiger partial charge on any atom is 0.237 e. The second-order valence-corrected chi connectivity index (χ2v) is 12.2. The summed E-state index contributed by atoms with van der Waals surface area (Å²) in [5.74, 6) is -1.75. The third-order valence-corrected chi connectivity index (χ3v) is 7.95. The molecule has 1 saturated heterocycles. The Labute approximate surface area is 226 Å². The van der Waals surface area contributed by atoms with Crippen molar-refractivity contribution in [3.05, 3.63) is 63.4 Å². The number of halogens is 3. The van der Waals surface area contributed by atoms with E-state index in [9.17, 15) is 19.1 Å². The van der Waals surface area contributed by atoms with E-state index >= 15 is 0 Å². The van der Waals surface area contributed by atoms with E-state index < -0.39 is 35.3 Å². The molecule has 37 heavy (non-hydrogen) atoms. The Kier molecular flexibility index (Phi) is 8.03. The van der Waals surface area contributed by atoms with Crippen molar-refractivity contribution in [3.8, 4) is 0 Å². The molecule has 0 aliphatic carbocycles. The van der Waals surface area contributed by atoms with E-state index in [-0.39, 0.29) is 41.6 Å². The van der Waals surface area contributed by atoms with Gasteiger partial charge in [0.05, 0.1) is 23.8 Å². The molecule has 2 aromatic carbocycles. The molecule has 1 fully saturated rings. The molecule has 9 heteroatoms. The van der Waals surface area contributed by atoms with E-state index in [1.807, 2.05) is 6.07 Å². The molecule has 2 heterocycles. The number of carbonyl (C=O) groups excluding carboxylic acids is 2. The number of amides is 1. The molecule has 1 amide bonds. The highest BCUT2D eigenvalue weighted by molar-refractivity contribution is 6.31. The van der Waals surface area contributed by atoms with Crippen molar-refractivity contribution in [2.45, 2.75) is 76.0 Å². The van der Waals surface area contributed by atoms with Crippen LogP contribution in [0, 0.1) is 11.2 Å². The van der Waals surface area contributed by atoms with Crippen LogP contribution in [0.1, 0.15) is 63.5 Å². The third-order valence-electron chi connectivity index (χ3n) is 7.43. The van der Waals surface area contributed by atoms with Crippen LogP contribution in [0.4, 0.5) is 10.1 Å². The zero-order valence-corrected chi connectivity index (χ0v) is 22.7. The van der Waals surface area contributed by atoms with Gasteiger partial charge in [0.2, 0.25) is 5.91 Å². The van der Waals surface area contributed by atoms with Gasteiger partial charge in [0.1, 0.15) is 17.0 Å². The van der Waals surface area contributed by atoms with Gasteiger partial charge in [-0.15, -0.1) is 0 Å². The fourth-order valence-corrected chi connectivity index (χ4v) is 6.31. The fourth-order valence-electron chi connectivity index (χ4n) is 5.94. The van der Waals surface area contributed by atoms with Crippen molar-refractivity contribution in [1.29, 1.82) is 0 Å². The number of rotatable bonds is 8. The van der Waals surface area contributed by atoms with Crippen LogP contribution in [-0.4, -0.2) is 46.7 Å². The molecule has 200 valence electrons. The van der Waals surface area contributed by atoms with Crippen LogP contribution in [0.2, 0.25) is 10.0 Å². The monoisotopic (exact) mass is 550 g/mol. The predicted molar refractivity (Wildman–Crippen MR) is 143 cm³/mol. The highest BCUT2D eigenvalue weighted by atomic mass is 35.5. The van der Waals surface area contributed by atoms with Gasteiger partial charge in [-0.25, -0.2) is 4.39 Å². The molecule has 2 aromatic rings. The summed E-state index contributed by atoms with van der Waals surface area (Å²) in [6, 6.07) is 8.58. The van der Waals surface area contributed by atoms with E-state index in [1.54, 1.807) is 18.2 Å². The first-order chi connectivity index (χ1) is 17.4. The smallest absolute Gasteiger partial charge is 0.237 e. The lowest BCUT2D eigenvalue weighted by molar-refractivity contribution is -0.122. The zero-order chi connectivity index (χ0) is 27.1. The van der Waals surface area contributed by atoms with Gasteiger partial charge in [0.15, 0.2) is 0 Å². The topological polar surface area (TPSA) is 98.7 Å². The number of carbonyl (C=O) groups is 2. The summed E-state index contributed by atoms with van der Waals surface area (Å²) in [4.78, 5) is 27.7. The second-order valence-electron chi connectivity index (χ2n) is 11.3. The average molecular weight is 551 g/mol. The van der Waals surface area contributed by atoms with Crippen molar-refractivity contribution in [2.75, 3.05) is 11.9 Å². The summed E-state index contributed by atoms with van der Waals surface area (Å²) in [6.07, 6.45) is 0.445. The lowest BCUT2D eigenvalue weighted by atomic mass is 9.62. The van der Waals surface area contributed by atoms with Crippen molar-refractivity contribution < 1.29 is 24.2 Å². The number of anilines is 1. The first kappa shape index (κ1) is 28.0. The molecular formula is C28H33Cl2FN2O4. The minimum Gasteiger partial charge on any atom is -0.394 e. The summed E-state index contributed by atoms with van der Waals surface area (Å²) in [6.45, 7) is 5.79. The van der Waals surface area contributed by atoms with Crippen LogP contribution in [0.3, 0.4) is 0 Å². The van der Waals surface area contributed by atoms with Crippen LogP contribution < -0.4 is 10.6 Å². The Bertz CT molecular complexity index is 1200. The maximum absolute atomic E-state index is 14.9. The predicted octanol–water partition coefficient (Wildman–Crippen LogP) is 4.98. The molecule has 0 aromatic heterocycles.